The van der Waals surface area contributed by atoms with Gasteiger partial charge < -0.3 is 20.5 Å². The molecule has 2 aromatic carbocycles. The van der Waals surface area contributed by atoms with Crippen molar-refractivity contribution in [2.45, 2.75) is 19.6 Å². The molecule has 0 aliphatic rings. The van der Waals surface area contributed by atoms with Crippen LogP contribution in [0.25, 0.3) is 0 Å². The minimum atomic E-state index is -0.359. The maximum Gasteiger partial charge on any atom is 0.131 e. The van der Waals surface area contributed by atoms with Crippen LogP contribution < -0.4 is 15.4 Å². The predicted octanol–water partition coefficient (Wildman–Crippen LogP) is 3.12. The van der Waals surface area contributed by atoms with Gasteiger partial charge in [0.2, 0.25) is 0 Å². The number of aliphatic hydroxyl groups is 1. The minimum absolute atomic E-state index is 0.101. The van der Waals surface area contributed by atoms with Crippen LogP contribution in [0, 0.1) is 5.82 Å². The predicted molar refractivity (Wildman–Crippen MR) is 98.5 cm³/mol. The quantitative estimate of drug-likeness (QED) is 0.535. The van der Waals surface area contributed by atoms with Crippen LogP contribution in [0.2, 0.25) is 5.02 Å². The molecular formula is C19H24ClFN2O2. The first-order valence-electron chi connectivity index (χ1n) is 8.37. The summed E-state index contributed by atoms with van der Waals surface area (Å²) in [7, 11) is 0. The normalized spacial score (nSPS) is 10.8. The van der Waals surface area contributed by atoms with Crippen molar-refractivity contribution in [3.8, 4) is 5.75 Å². The van der Waals surface area contributed by atoms with Crippen LogP contribution in [-0.2, 0) is 13.2 Å². The Morgan fingerprint density at radius 2 is 1.76 bits per heavy atom. The van der Waals surface area contributed by atoms with Crippen molar-refractivity contribution in [2.75, 3.05) is 26.2 Å². The van der Waals surface area contributed by atoms with E-state index in [2.05, 4.69) is 10.6 Å². The summed E-state index contributed by atoms with van der Waals surface area (Å²) in [4.78, 5) is 0. The van der Waals surface area contributed by atoms with Gasteiger partial charge in [0.1, 0.15) is 18.2 Å². The van der Waals surface area contributed by atoms with Crippen LogP contribution in [-0.4, -0.2) is 31.3 Å². The average Bonchev–Trinajstić information content (AvgIpc) is 2.62. The SMILES string of the molecule is OCCNCCCNCc1ccc(OCc2c(F)cccc2Cl)cc1. The van der Waals surface area contributed by atoms with Crippen LogP contribution in [0.5, 0.6) is 5.75 Å². The van der Waals surface area contributed by atoms with Crippen LogP contribution in [0.3, 0.4) is 0 Å². The summed E-state index contributed by atoms with van der Waals surface area (Å²) in [6, 6.07) is 12.3. The fraction of sp³-hybridized carbons (Fsp3) is 0.368. The van der Waals surface area contributed by atoms with Crippen molar-refractivity contribution in [3.63, 3.8) is 0 Å². The average molecular weight is 367 g/mol. The molecule has 0 aliphatic heterocycles. The summed E-state index contributed by atoms with van der Waals surface area (Å²) in [6.45, 7) is 3.48. The summed E-state index contributed by atoms with van der Waals surface area (Å²) in [5, 5.41) is 15.5. The molecule has 0 spiro atoms. The van der Waals surface area contributed by atoms with Gasteiger partial charge >= 0.3 is 0 Å². The number of benzene rings is 2. The molecule has 3 N–H and O–H groups in total. The lowest BCUT2D eigenvalue weighted by atomic mass is 10.2. The molecule has 0 saturated heterocycles. The van der Waals surface area contributed by atoms with E-state index in [0.717, 1.165) is 31.6 Å². The first-order chi connectivity index (χ1) is 12.2. The Hall–Kier alpha value is -1.66. The topological polar surface area (TPSA) is 53.5 Å². The molecule has 0 heterocycles. The summed E-state index contributed by atoms with van der Waals surface area (Å²) in [5.41, 5.74) is 1.52. The van der Waals surface area contributed by atoms with E-state index in [4.69, 9.17) is 21.4 Å². The minimum Gasteiger partial charge on any atom is -0.489 e. The second-order valence-corrected chi connectivity index (χ2v) is 6.04. The van der Waals surface area contributed by atoms with E-state index in [1.807, 2.05) is 24.3 Å². The second-order valence-electron chi connectivity index (χ2n) is 5.64. The first-order valence-corrected chi connectivity index (χ1v) is 8.75. The summed E-state index contributed by atoms with van der Waals surface area (Å²) in [5.74, 6) is 0.318. The lowest BCUT2D eigenvalue weighted by Gasteiger charge is -2.10. The molecule has 0 amide bonds. The molecule has 4 nitrogen and oxygen atoms in total. The van der Waals surface area contributed by atoms with Gasteiger partial charge in [0.25, 0.3) is 0 Å². The van der Waals surface area contributed by atoms with Gasteiger partial charge in [-0.1, -0.05) is 29.8 Å². The van der Waals surface area contributed by atoms with E-state index in [-0.39, 0.29) is 19.0 Å². The smallest absolute Gasteiger partial charge is 0.131 e. The molecule has 6 heteroatoms. The highest BCUT2D eigenvalue weighted by atomic mass is 35.5. The zero-order chi connectivity index (χ0) is 17.9. The fourth-order valence-electron chi connectivity index (χ4n) is 2.30. The standard InChI is InChI=1S/C19H24ClFN2O2/c20-18-3-1-4-19(21)17(18)14-25-16-7-5-15(6-8-16)13-23-10-2-9-22-11-12-24/h1,3-8,22-24H,2,9-14H2. The van der Waals surface area contributed by atoms with Crippen LogP contribution in [0.15, 0.2) is 42.5 Å². The molecule has 25 heavy (non-hydrogen) atoms. The van der Waals surface area contributed by atoms with Crippen LogP contribution in [0.4, 0.5) is 4.39 Å². The van der Waals surface area contributed by atoms with Gasteiger partial charge in [0.05, 0.1) is 11.6 Å². The molecule has 0 aliphatic carbocycles. The van der Waals surface area contributed by atoms with E-state index in [1.165, 1.54) is 6.07 Å². The first kappa shape index (κ1) is 19.7. The van der Waals surface area contributed by atoms with Gasteiger partial charge in [-0.2, -0.15) is 0 Å². The molecule has 0 bridgehead atoms. The molecule has 2 rings (SSSR count). The Bertz CT molecular complexity index is 618. The highest BCUT2D eigenvalue weighted by Gasteiger charge is 2.07. The van der Waals surface area contributed by atoms with Gasteiger partial charge in [-0.15, -0.1) is 0 Å². The Balaban J connectivity index is 1.71. The van der Waals surface area contributed by atoms with E-state index in [0.29, 0.717) is 22.9 Å². The van der Waals surface area contributed by atoms with Gasteiger partial charge in [0, 0.05) is 18.7 Å². The van der Waals surface area contributed by atoms with E-state index in [9.17, 15) is 4.39 Å². The van der Waals surface area contributed by atoms with Crippen molar-refractivity contribution in [3.05, 3.63) is 64.4 Å². The molecule has 0 atom stereocenters. The Kier molecular flexibility index (Phi) is 8.69. The zero-order valence-corrected chi connectivity index (χ0v) is 14.9. The molecule has 0 radical (unpaired) electrons. The maximum atomic E-state index is 13.7. The third-order valence-electron chi connectivity index (χ3n) is 3.69. The third kappa shape index (κ3) is 7.00. The van der Waals surface area contributed by atoms with Crippen molar-refractivity contribution in [1.29, 1.82) is 0 Å². The molecule has 136 valence electrons. The largest absolute Gasteiger partial charge is 0.489 e. The maximum absolute atomic E-state index is 13.7. The number of aliphatic hydroxyl groups excluding tert-OH is 1. The Morgan fingerprint density at radius 3 is 2.48 bits per heavy atom. The van der Waals surface area contributed by atoms with Crippen molar-refractivity contribution >= 4 is 11.6 Å². The van der Waals surface area contributed by atoms with E-state index < -0.39 is 0 Å². The van der Waals surface area contributed by atoms with Crippen molar-refractivity contribution in [2.24, 2.45) is 0 Å². The van der Waals surface area contributed by atoms with Crippen molar-refractivity contribution in [1.82, 2.24) is 10.6 Å². The number of nitrogens with one attached hydrogen (secondary N) is 2. The lowest BCUT2D eigenvalue weighted by Crippen LogP contribution is -2.23. The second kappa shape index (κ2) is 11.1. The zero-order valence-electron chi connectivity index (χ0n) is 14.1. The number of hydrogen-bond acceptors (Lipinski definition) is 4. The summed E-state index contributed by atoms with van der Waals surface area (Å²) in [6.07, 6.45) is 1.00. The fourth-order valence-corrected chi connectivity index (χ4v) is 2.52. The van der Waals surface area contributed by atoms with E-state index in [1.54, 1.807) is 12.1 Å². The molecule has 0 fully saturated rings. The van der Waals surface area contributed by atoms with Gasteiger partial charge in [-0.05, 0) is 49.3 Å². The molecular weight excluding hydrogens is 343 g/mol. The van der Waals surface area contributed by atoms with Crippen LogP contribution in [0.1, 0.15) is 17.5 Å². The highest BCUT2D eigenvalue weighted by Crippen LogP contribution is 2.21. The Morgan fingerprint density at radius 1 is 1.00 bits per heavy atom. The summed E-state index contributed by atoms with van der Waals surface area (Å²) >= 11 is 5.99. The molecule has 0 aromatic heterocycles. The Labute approximate surface area is 153 Å². The van der Waals surface area contributed by atoms with Crippen LogP contribution >= 0.6 is 11.6 Å². The van der Waals surface area contributed by atoms with Gasteiger partial charge in [-0.3, -0.25) is 0 Å². The molecule has 0 unspecified atom stereocenters. The third-order valence-corrected chi connectivity index (χ3v) is 4.05. The number of ether oxygens (including phenoxy) is 1. The van der Waals surface area contributed by atoms with E-state index >= 15 is 0 Å². The number of rotatable bonds is 11. The van der Waals surface area contributed by atoms with Gasteiger partial charge in [0.15, 0.2) is 0 Å². The highest BCUT2D eigenvalue weighted by molar-refractivity contribution is 6.31. The summed E-state index contributed by atoms with van der Waals surface area (Å²) < 4.78 is 19.3. The number of halogens is 2. The number of hydrogen-bond donors (Lipinski definition) is 3. The monoisotopic (exact) mass is 366 g/mol. The van der Waals surface area contributed by atoms with Gasteiger partial charge in [-0.25, -0.2) is 4.39 Å². The molecule has 2 aromatic rings. The lowest BCUT2D eigenvalue weighted by molar-refractivity contribution is 0.292. The van der Waals surface area contributed by atoms with Crippen molar-refractivity contribution < 1.29 is 14.2 Å². The molecule has 0 saturated carbocycles.